The lowest BCUT2D eigenvalue weighted by Gasteiger charge is -2.11. The van der Waals surface area contributed by atoms with E-state index in [-0.39, 0.29) is 11.1 Å². The lowest BCUT2D eigenvalue weighted by molar-refractivity contribution is -0.137. The van der Waals surface area contributed by atoms with E-state index in [1.165, 1.54) is 6.92 Å². The molecule has 0 aliphatic carbocycles. The fourth-order valence-corrected chi connectivity index (χ4v) is 1.30. The summed E-state index contributed by atoms with van der Waals surface area (Å²) in [4.78, 5) is 10.8. The van der Waals surface area contributed by atoms with Crippen molar-refractivity contribution in [2.24, 2.45) is 0 Å². The zero-order chi connectivity index (χ0) is 10.9. The topological polar surface area (TPSA) is 17.1 Å². The van der Waals surface area contributed by atoms with E-state index in [9.17, 15) is 18.0 Å². The van der Waals surface area contributed by atoms with Gasteiger partial charge >= 0.3 is 6.18 Å². The molecular weight excluding hydrogens is 213 g/mol. The van der Waals surface area contributed by atoms with Gasteiger partial charge in [0.1, 0.15) is 0 Å². The maximum atomic E-state index is 12.2. The van der Waals surface area contributed by atoms with Gasteiger partial charge in [0.2, 0.25) is 0 Å². The van der Waals surface area contributed by atoms with Crippen LogP contribution in [0, 0.1) is 6.92 Å². The fraction of sp³-hybridized carbons (Fsp3) is 0.222. The molecule has 0 spiro atoms. The van der Waals surface area contributed by atoms with Crippen LogP contribution in [0.4, 0.5) is 13.2 Å². The van der Waals surface area contributed by atoms with Crippen LogP contribution >= 0.6 is 0 Å². The molecule has 0 bridgehead atoms. The van der Waals surface area contributed by atoms with Crippen LogP contribution in [0.3, 0.4) is 0 Å². The third-order valence-electron chi connectivity index (χ3n) is 1.77. The molecule has 0 aliphatic heterocycles. The summed E-state index contributed by atoms with van der Waals surface area (Å²) in [5, 5.41) is -0.642. The minimum absolute atomic E-state index is 0.146. The first kappa shape index (κ1) is 11.0. The summed E-state index contributed by atoms with van der Waals surface area (Å²) >= 11 is 4.35. The minimum Gasteiger partial charge on any atom is -0.737 e. The van der Waals surface area contributed by atoms with E-state index in [4.69, 9.17) is 0 Å². The second-order valence-corrected chi connectivity index (χ2v) is 3.19. The molecule has 0 atom stereocenters. The number of carbonyl (C=O) groups excluding carboxylic acids is 1. The number of carbonyl (C=O) groups is 1. The van der Waals surface area contributed by atoms with Crippen molar-refractivity contribution in [2.75, 3.05) is 0 Å². The first-order valence-corrected chi connectivity index (χ1v) is 4.12. The molecule has 76 valence electrons. The zero-order valence-electron chi connectivity index (χ0n) is 7.18. The first-order chi connectivity index (χ1) is 6.32. The SMILES string of the molecule is Cc1cc(C(F)(F)F)ccc1C(=O)[S-]. The van der Waals surface area contributed by atoms with E-state index in [1.807, 2.05) is 0 Å². The molecule has 1 aromatic carbocycles. The van der Waals surface area contributed by atoms with Crippen molar-refractivity contribution >= 4 is 17.7 Å². The largest absolute Gasteiger partial charge is 0.737 e. The van der Waals surface area contributed by atoms with Crippen LogP contribution in [-0.4, -0.2) is 5.12 Å². The molecule has 0 amide bonds. The summed E-state index contributed by atoms with van der Waals surface area (Å²) in [7, 11) is 0. The molecule has 5 heteroatoms. The minimum atomic E-state index is -4.38. The molecule has 0 aromatic heterocycles. The Morgan fingerprint density at radius 1 is 1.36 bits per heavy atom. The van der Waals surface area contributed by atoms with Crippen LogP contribution in [0.2, 0.25) is 0 Å². The Morgan fingerprint density at radius 2 is 1.93 bits per heavy atom. The summed E-state index contributed by atoms with van der Waals surface area (Å²) in [6.07, 6.45) is -4.38. The number of hydrogen-bond acceptors (Lipinski definition) is 2. The highest BCUT2D eigenvalue weighted by molar-refractivity contribution is 7.77. The van der Waals surface area contributed by atoms with Gasteiger partial charge in [0.15, 0.2) is 0 Å². The number of halogens is 3. The van der Waals surface area contributed by atoms with Gasteiger partial charge in [0.05, 0.1) is 5.56 Å². The predicted octanol–water partition coefficient (Wildman–Crippen LogP) is 2.70. The van der Waals surface area contributed by atoms with Crippen molar-refractivity contribution in [3.63, 3.8) is 0 Å². The summed E-state index contributed by atoms with van der Waals surface area (Å²) in [6, 6.07) is 2.87. The van der Waals surface area contributed by atoms with Gasteiger partial charge in [-0.15, -0.1) is 0 Å². The van der Waals surface area contributed by atoms with Crippen molar-refractivity contribution in [3.05, 3.63) is 34.9 Å². The van der Waals surface area contributed by atoms with Crippen LogP contribution in [0.1, 0.15) is 21.5 Å². The molecule has 0 radical (unpaired) electrons. The van der Waals surface area contributed by atoms with Gasteiger partial charge in [0.25, 0.3) is 0 Å². The van der Waals surface area contributed by atoms with Gasteiger partial charge in [-0.2, -0.15) is 13.2 Å². The average Bonchev–Trinajstić information content (AvgIpc) is 2.01. The van der Waals surface area contributed by atoms with Crippen LogP contribution in [-0.2, 0) is 18.8 Å². The molecule has 1 nitrogen and oxygen atoms in total. The number of aryl methyl sites for hydroxylation is 1. The van der Waals surface area contributed by atoms with E-state index >= 15 is 0 Å². The van der Waals surface area contributed by atoms with Gasteiger partial charge in [-0.25, -0.2) is 0 Å². The van der Waals surface area contributed by atoms with Crippen molar-refractivity contribution in [1.29, 1.82) is 0 Å². The standard InChI is InChI=1S/C9H7F3OS/c1-5-4-6(9(10,11)12)2-3-7(5)8(13)14/h2-4H,1H3,(H,13,14)/p-1. The summed E-state index contributed by atoms with van der Waals surface area (Å²) in [5.74, 6) is 0. The Morgan fingerprint density at radius 3 is 2.29 bits per heavy atom. The van der Waals surface area contributed by atoms with Gasteiger partial charge in [-0.3, -0.25) is 0 Å². The number of hydrogen-bond donors (Lipinski definition) is 0. The van der Waals surface area contributed by atoms with E-state index in [0.717, 1.165) is 18.2 Å². The molecular formula is C9H6F3OS-. The van der Waals surface area contributed by atoms with Gasteiger partial charge in [0, 0.05) is 5.12 Å². The number of alkyl halides is 3. The third kappa shape index (κ3) is 2.23. The van der Waals surface area contributed by atoms with Crippen molar-refractivity contribution < 1.29 is 18.0 Å². The normalized spacial score (nSPS) is 11.4. The third-order valence-corrected chi connectivity index (χ3v) is 1.99. The molecule has 1 rings (SSSR count). The van der Waals surface area contributed by atoms with Gasteiger partial charge in [-0.05, 0) is 30.2 Å². The second kappa shape index (κ2) is 3.57. The van der Waals surface area contributed by atoms with E-state index in [2.05, 4.69) is 12.6 Å². The van der Waals surface area contributed by atoms with Gasteiger partial charge < -0.3 is 17.4 Å². The fourth-order valence-electron chi connectivity index (χ4n) is 1.07. The van der Waals surface area contributed by atoms with Crippen LogP contribution in [0.5, 0.6) is 0 Å². The Balaban J connectivity index is 3.20. The van der Waals surface area contributed by atoms with Crippen molar-refractivity contribution in [2.45, 2.75) is 13.1 Å². The Hall–Kier alpha value is -1.10. The molecule has 0 N–H and O–H groups in total. The van der Waals surface area contributed by atoms with Crippen molar-refractivity contribution in [1.82, 2.24) is 0 Å². The first-order valence-electron chi connectivity index (χ1n) is 3.71. The van der Waals surface area contributed by atoms with Crippen LogP contribution in [0.25, 0.3) is 0 Å². The number of rotatable bonds is 1. The predicted molar refractivity (Wildman–Crippen MR) is 47.9 cm³/mol. The lowest BCUT2D eigenvalue weighted by atomic mass is 10.1. The maximum Gasteiger partial charge on any atom is 0.416 e. The molecule has 0 heterocycles. The molecule has 1 aromatic rings. The van der Waals surface area contributed by atoms with Gasteiger partial charge in [-0.1, -0.05) is 6.07 Å². The summed E-state index contributed by atoms with van der Waals surface area (Å²) in [6.45, 7) is 1.43. The Labute approximate surface area is 84.3 Å². The molecule has 0 fully saturated rings. The smallest absolute Gasteiger partial charge is 0.416 e. The van der Waals surface area contributed by atoms with Crippen LogP contribution in [0.15, 0.2) is 18.2 Å². The van der Waals surface area contributed by atoms with E-state index < -0.39 is 16.9 Å². The maximum absolute atomic E-state index is 12.2. The molecule has 0 aliphatic rings. The molecule has 0 saturated heterocycles. The van der Waals surface area contributed by atoms with Crippen molar-refractivity contribution in [3.8, 4) is 0 Å². The quantitative estimate of drug-likeness (QED) is 0.675. The Bertz CT molecular complexity index is 371. The Kier molecular flexibility index (Phi) is 2.80. The lowest BCUT2D eigenvalue weighted by Crippen LogP contribution is -2.07. The molecule has 14 heavy (non-hydrogen) atoms. The average molecular weight is 219 g/mol. The number of benzene rings is 1. The molecule has 0 saturated carbocycles. The summed E-state index contributed by atoms with van der Waals surface area (Å²) in [5.41, 5.74) is -0.372. The second-order valence-electron chi connectivity index (χ2n) is 2.81. The van der Waals surface area contributed by atoms with Crippen LogP contribution < -0.4 is 0 Å². The molecule has 0 unspecified atom stereocenters. The van der Waals surface area contributed by atoms with E-state index in [1.54, 1.807) is 0 Å². The van der Waals surface area contributed by atoms with E-state index in [0.29, 0.717) is 0 Å². The highest BCUT2D eigenvalue weighted by Gasteiger charge is 2.30. The summed E-state index contributed by atoms with van der Waals surface area (Å²) < 4.78 is 36.6. The highest BCUT2D eigenvalue weighted by Crippen LogP contribution is 2.30. The zero-order valence-corrected chi connectivity index (χ0v) is 8.00. The monoisotopic (exact) mass is 219 g/mol. The highest BCUT2D eigenvalue weighted by atomic mass is 32.1.